The summed E-state index contributed by atoms with van der Waals surface area (Å²) in [5, 5.41) is 9.86. The first kappa shape index (κ1) is 9.86. The van der Waals surface area contributed by atoms with Crippen LogP contribution in [-0.4, -0.2) is 23.2 Å². The van der Waals surface area contributed by atoms with Gasteiger partial charge in [-0.05, 0) is 12.1 Å². The Labute approximate surface area is 90.4 Å². The third-order valence-corrected chi connectivity index (χ3v) is 2.48. The average molecular weight is 226 g/mol. The molecule has 78 valence electrons. The smallest absolute Gasteiger partial charge is 0.338 e. The van der Waals surface area contributed by atoms with Gasteiger partial charge in [-0.25, -0.2) is 4.79 Å². The number of fused-ring (bicyclic) bond motifs is 1. The van der Waals surface area contributed by atoms with Gasteiger partial charge in [0, 0.05) is 6.20 Å². The molecular formula is C10H8ClNO3. The zero-order valence-electron chi connectivity index (χ0n) is 7.87. The van der Waals surface area contributed by atoms with E-state index < -0.39 is 5.97 Å². The Hall–Kier alpha value is -1.68. The molecule has 1 aromatic carbocycles. The van der Waals surface area contributed by atoms with Gasteiger partial charge in [-0.3, -0.25) is 0 Å². The molecule has 0 unspecified atom stereocenters. The molecule has 0 saturated heterocycles. The molecule has 0 fully saturated rings. The van der Waals surface area contributed by atoms with Gasteiger partial charge in [0.25, 0.3) is 0 Å². The maximum absolute atomic E-state index is 10.9. The highest BCUT2D eigenvalue weighted by Crippen LogP contribution is 2.35. The lowest BCUT2D eigenvalue weighted by Gasteiger charge is -2.04. The zero-order chi connectivity index (χ0) is 11.0. The second kappa shape index (κ2) is 3.47. The number of hydrogen-bond donors (Lipinski definition) is 2. The van der Waals surface area contributed by atoms with E-state index in [1.165, 1.54) is 13.3 Å². The molecule has 0 radical (unpaired) electrons. The summed E-state index contributed by atoms with van der Waals surface area (Å²) >= 11 is 5.91. The summed E-state index contributed by atoms with van der Waals surface area (Å²) in [6, 6.07) is 3.37. The lowest BCUT2D eigenvalue weighted by atomic mass is 10.1. The number of hydrogen-bond acceptors (Lipinski definition) is 2. The van der Waals surface area contributed by atoms with Gasteiger partial charge in [-0.15, -0.1) is 0 Å². The predicted octanol–water partition coefficient (Wildman–Crippen LogP) is 2.53. The number of ether oxygens (including phenoxy) is 1. The Morgan fingerprint density at radius 3 is 2.87 bits per heavy atom. The van der Waals surface area contributed by atoms with Gasteiger partial charge >= 0.3 is 5.97 Å². The number of benzene rings is 1. The van der Waals surface area contributed by atoms with Crippen LogP contribution in [-0.2, 0) is 0 Å². The van der Waals surface area contributed by atoms with E-state index in [1.54, 1.807) is 12.1 Å². The Morgan fingerprint density at radius 2 is 2.27 bits per heavy atom. The van der Waals surface area contributed by atoms with E-state index >= 15 is 0 Å². The van der Waals surface area contributed by atoms with Gasteiger partial charge in [0.15, 0.2) is 0 Å². The molecule has 0 aliphatic rings. The van der Waals surface area contributed by atoms with Crippen LogP contribution < -0.4 is 4.74 Å². The van der Waals surface area contributed by atoms with Crippen LogP contribution in [0.1, 0.15) is 10.4 Å². The molecule has 2 N–H and O–H groups in total. The third-order valence-electron chi connectivity index (χ3n) is 2.19. The van der Waals surface area contributed by atoms with Crippen LogP contribution in [0.15, 0.2) is 18.3 Å². The SMILES string of the molecule is COc1c(Cl)ccc2[nH]cc(C(=O)O)c12. The Kier molecular flexibility index (Phi) is 2.28. The van der Waals surface area contributed by atoms with Crippen molar-refractivity contribution in [2.45, 2.75) is 0 Å². The highest BCUT2D eigenvalue weighted by molar-refractivity contribution is 6.33. The summed E-state index contributed by atoms with van der Waals surface area (Å²) in [6.07, 6.45) is 1.42. The number of carbonyl (C=O) groups is 1. The molecule has 1 aromatic heterocycles. The molecule has 0 aliphatic carbocycles. The van der Waals surface area contributed by atoms with Gasteiger partial charge in [0.1, 0.15) is 5.75 Å². The van der Waals surface area contributed by atoms with E-state index in [0.29, 0.717) is 21.7 Å². The van der Waals surface area contributed by atoms with Crippen LogP contribution in [0.3, 0.4) is 0 Å². The maximum atomic E-state index is 10.9. The molecule has 0 bridgehead atoms. The van der Waals surface area contributed by atoms with Gasteiger partial charge in [-0.2, -0.15) is 0 Å². The van der Waals surface area contributed by atoms with Crippen LogP contribution in [0, 0.1) is 0 Å². The van der Waals surface area contributed by atoms with E-state index in [0.717, 1.165) is 0 Å². The van der Waals surface area contributed by atoms with E-state index in [2.05, 4.69) is 4.98 Å². The van der Waals surface area contributed by atoms with Gasteiger partial charge < -0.3 is 14.8 Å². The van der Waals surface area contributed by atoms with Crippen LogP contribution in [0.4, 0.5) is 0 Å². The quantitative estimate of drug-likeness (QED) is 0.826. The highest BCUT2D eigenvalue weighted by Gasteiger charge is 2.16. The number of rotatable bonds is 2. The fraction of sp³-hybridized carbons (Fsp3) is 0.100. The van der Waals surface area contributed by atoms with Crippen molar-refractivity contribution in [3.8, 4) is 5.75 Å². The Bertz CT molecular complexity index is 533. The molecular weight excluding hydrogens is 218 g/mol. The van der Waals surface area contributed by atoms with E-state index in [1.807, 2.05) is 0 Å². The number of nitrogens with one attached hydrogen (secondary N) is 1. The van der Waals surface area contributed by atoms with Crippen molar-refractivity contribution in [1.82, 2.24) is 4.98 Å². The largest absolute Gasteiger partial charge is 0.494 e. The van der Waals surface area contributed by atoms with Crippen molar-refractivity contribution >= 4 is 28.5 Å². The first-order valence-electron chi connectivity index (χ1n) is 4.22. The number of aromatic amines is 1. The zero-order valence-corrected chi connectivity index (χ0v) is 8.63. The molecule has 0 spiro atoms. The minimum atomic E-state index is -1.01. The van der Waals surface area contributed by atoms with E-state index in [4.69, 9.17) is 21.4 Å². The van der Waals surface area contributed by atoms with Crippen molar-refractivity contribution in [2.75, 3.05) is 7.11 Å². The minimum absolute atomic E-state index is 0.157. The van der Waals surface area contributed by atoms with Crippen molar-refractivity contribution in [2.24, 2.45) is 0 Å². The maximum Gasteiger partial charge on any atom is 0.338 e. The topological polar surface area (TPSA) is 62.3 Å². The number of carboxylic acids is 1. The van der Waals surface area contributed by atoms with Crippen LogP contribution in [0.5, 0.6) is 5.75 Å². The van der Waals surface area contributed by atoms with E-state index in [9.17, 15) is 4.79 Å². The second-order valence-corrected chi connectivity index (χ2v) is 3.42. The first-order chi connectivity index (χ1) is 7.15. The molecule has 4 nitrogen and oxygen atoms in total. The first-order valence-corrected chi connectivity index (χ1v) is 4.60. The van der Waals surface area contributed by atoms with Crippen molar-refractivity contribution in [1.29, 1.82) is 0 Å². The van der Waals surface area contributed by atoms with Crippen molar-refractivity contribution < 1.29 is 14.6 Å². The summed E-state index contributed by atoms with van der Waals surface area (Å²) in [7, 11) is 1.46. The summed E-state index contributed by atoms with van der Waals surface area (Å²) in [6.45, 7) is 0. The van der Waals surface area contributed by atoms with E-state index in [-0.39, 0.29) is 5.56 Å². The van der Waals surface area contributed by atoms with Gasteiger partial charge in [0.2, 0.25) is 0 Å². The standard InChI is InChI=1S/C10H8ClNO3/c1-15-9-6(11)2-3-7-8(9)5(4-12-7)10(13)14/h2-4,12H,1H3,(H,13,14). The number of halogens is 1. The number of carboxylic acid groups (broad SMARTS) is 1. The fourth-order valence-electron chi connectivity index (χ4n) is 1.54. The average Bonchev–Trinajstić information content (AvgIpc) is 2.61. The fourth-order valence-corrected chi connectivity index (χ4v) is 1.77. The predicted molar refractivity (Wildman–Crippen MR) is 56.8 cm³/mol. The molecule has 1 heterocycles. The molecule has 0 aliphatic heterocycles. The summed E-state index contributed by atoms with van der Waals surface area (Å²) < 4.78 is 5.09. The highest BCUT2D eigenvalue weighted by atomic mass is 35.5. The van der Waals surface area contributed by atoms with Crippen molar-refractivity contribution in [3.05, 3.63) is 28.9 Å². The number of aromatic nitrogens is 1. The number of aromatic carboxylic acids is 1. The summed E-state index contributed by atoms with van der Waals surface area (Å²) in [5.74, 6) is -0.630. The monoisotopic (exact) mass is 225 g/mol. The summed E-state index contributed by atoms with van der Waals surface area (Å²) in [4.78, 5) is 13.8. The van der Waals surface area contributed by atoms with Gasteiger partial charge in [0.05, 0.1) is 28.6 Å². The molecule has 2 aromatic rings. The van der Waals surface area contributed by atoms with Gasteiger partial charge in [-0.1, -0.05) is 11.6 Å². The van der Waals surface area contributed by atoms with Crippen LogP contribution >= 0.6 is 11.6 Å². The normalized spacial score (nSPS) is 10.5. The number of H-pyrrole nitrogens is 1. The molecule has 15 heavy (non-hydrogen) atoms. The molecule has 0 amide bonds. The number of methoxy groups -OCH3 is 1. The van der Waals surface area contributed by atoms with Crippen LogP contribution in [0.2, 0.25) is 5.02 Å². The summed E-state index contributed by atoms with van der Waals surface area (Å²) in [5.41, 5.74) is 0.845. The Morgan fingerprint density at radius 1 is 1.53 bits per heavy atom. The lowest BCUT2D eigenvalue weighted by Crippen LogP contribution is -1.95. The molecule has 2 rings (SSSR count). The van der Waals surface area contributed by atoms with Crippen LogP contribution in [0.25, 0.3) is 10.9 Å². The molecule has 0 atom stereocenters. The Balaban J connectivity index is 2.86. The molecule has 0 saturated carbocycles. The van der Waals surface area contributed by atoms with Crippen molar-refractivity contribution in [3.63, 3.8) is 0 Å². The minimum Gasteiger partial charge on any atom is -0.494 e. The lowest BCUT2D eigenvalue weighted by molar-refractivity contribution is 0.0699. The molecule has 5 heteroatoms. The second-order valence-electron chi connectivity index (χ2n) is 3.01. The third kappa shape index (κ3) is 1.43.